The summed E-state index contributed by atoms with van der Waals surface area (Å²) in [6.45, 7) is 4.41. The first kappa shape index (κ1) is 11.6. The van der Waals surface area contributed by atoms with Crippen molar-refractivity contribution in [1.29, 1.82) is 0 Å². The van der Waals surface area contributed by atoms with Crippen molar-refractivity contribution in [3.63, 3.8) is 0 Å². The van der Waals surface area contributed by atoms with Crippen molar-refractivity contribution in [2.45, 2.75) is 45.1 Å². The van der Waals surface area contributed by atoms with Gasteiger partial charge in [0.25, 0.3) is 0 Å². The van der Waals surface area contributed by atoms with Gasteiger partial charge in [-0.3, -0.25) is 4.98 Å². The molecule has 2 nitrogen and oxygen atoms in total. The van der Waals surface area contributed by atoms with E-state index in [1.54, 1.807) is 6.20 Å². The van der Waals surface area contributed by atoms with Gasteiger partial charge < -0.3 is 5.11 Å². The van der Waals surface area contributed by atoms with Crippen LogP contribution >= 0.6 is 0 Å². The number of aliphatic hydroxyl groups is 1. The number of nitrogens with zero attached hydrogens (tertiary/aromatic N) is 1. The second-order valence-electron chi connectivity index (χ2n) is 5.43. The van der Waals surface area contributed by atoms with Crippen molar-refractivity contribution in [3.8, 4) is 0 Å². The molecule has 1 N–H and O–H groups in total. The Morgan fingerprint density at radius 3 is 2.94 bits per heavy atom. The molecule has 2 rings (SSSR count). The van der Waals surface area contributed by atoms with Crippen LogP contribution in [0.3, 0.4) is 0 Å². The number of hydrogen-bond donors (Lipinski definition) is 1. The number of hydrogen-bond acceptors (Lipinski definition) is 2. The van der Waals surface area contributed by atoms with Crippen molar-refractivity contribution in [1.82, 2.24) is 4.98 Å². The van der Waals surface area contributed by atoms with Crippen LogP contribution in [0.25, 0.3) is 0 Å². The third-order valence-corrected chi connectivity index (χ3v) is 3.94. The van der Waals surface area contributed by atoms with E-state index in [0.29, 0.717) is 11.8 Å². The molecule has 1 saturated carbocycles. The highest BCUT2D eigenvalue weighted by atomic mass is 16.3. The largest absolute Gasteiger partial charge is 0.389 e. The lowest BCUT2D eigenvalue weighted by Gasteiger charge is -2.41. The van der Waals surface area contributed by atoms with Gasteiger partial charge in [-0.25, -0.2) is 0 Å². The fourth-order valence-electron chi connectivity index (χ4n) is 2.81. The fraction of sp³-hybridized carbons (Fsp3) is 0.643. The topological polar surface area (TPSA) is 33.1 Å². The smallest absolute Gasteiger partial charge is 0.0716 e. The molecular weight excluding hydrogens is 198 g/mol. The fourth-order valence-corrected chi connectivity index (χ4v) is 2.81. The molecule has 16 heavy (non-hydrogen) atoms. The van der Waals surface area contributed by atoms with Gasteiger partial charge in [-0.05, 0) is 36.3 Å². The Bertz CT molecular complexity index is 338. The summed E-state index contributed by atoms with van der Waals surface area (Å²) in [5.74, 6) is 1.03. The first-order valence-corrected chi connectivity index (χ1v) is 6.21. The molecular formula is C14H21NO. The minimum Gasteiger partial charge on any atom is -0.389 e. The normalized spacial score (nSPS) is 34.9. The van der Waals surface area contributed by atoms with Crippen LogP contribution in [0, 0.1) is 11.8 Å². The van der Waals surface area contributed by atoms with Gasteiger partial charge in [0.05, 0.1) is 5.60 Å². The van der Waals surface area contributed by atoms with E-state index < -0.39 is 5.60 Å². The molecule has 0 aliphatic heterocycles. The summed E-state index contributed by atoms with van der Waals surface area (Å²) in [6, 6.07) is 3.99. The molecule has 1 heterocycles. The summed E-state index contributed by atoms with van der Waals surface area (Å²) in [7, 11) is 0. The average molecular weight is 219 g/mol. The molecule has 2 heteroatoms. The van der Waals surface area contributed by atoms with Crippen molar-refractivity contribution >= 4 is 0 Å². The molecule has 1 aliphatic carbocycles. The lowest BCUT2D eigenvalue weighted by Crippen LogP contribution is -2.43. The van der Waals surface area contributed by atoms with Gasteiger partial charge in [0, 0.05) is 18.8 Å². The van der Waals surface area contributed by atoms with Gasteiger partial charge in [0.2, 0.25) is 0 Å². The lowest BCUT2D eigenvalue weighted by atomic mass is 9.70. The van der Waals surface area contributed by atoms with Gasteiger partial charge in [0.1, 0.15) is 0 Å². The summed E-state index contributed by atoms with van der Waals surface area (Å²) in [5.41, 5.74) is 0.617. The third-order valence-electron chi connectivity index (χ3n) is 3.94. The molecule has 1 aliphatic rings. The van der Waals surface area contributed by atoms with E-state index >= 15 is 0 Å². The zero-order valence-electron chi connectivity index (χ0n) is 10.2. The maximum Gasteiger partial charge on any atom is 0.0716 e. The Balaban J connectivity index is 2.12. The van der Waals surface area contributed by atoms with Gasteiger partial charge in [-0.2, -0.15) is 0 Å². The van der Waals surface area contributed by atoms with Crippen LogP contribution in [-0.2, 0) is 6.42 Å². The van der Waals surface area contributed by atoms with Crippen LogP contribution in [0.5, 0.6) is 0 Å². The summed E-state index contributed by atoms with van der Waals surface area (Å²) < 4.78 is 0. The van der Waals surface area contributed by atoms with Crippen LogP contribution in [0.4, 0.5) is 0 Å². The second-order valence-corrected chi connectivity index (χ2v) is 5.43. The van der Waals surface area contributed by atoms with Gasteiger partial charge in [-0.15, -0.1) is 0 Å². The summed E-state index contributed by atoms with van der Waals surface area (Å²) in [4.78, 5) is 4.11. The summed E-state index contributed by atoms with van der Waals surface area (Å²) >= 11 is 0. The Morgan fingerprint density at radius 2 is 2.25 bits per heavy atom. The Kier molecular flexibility index (Phi) is 3.29. The van der Waals surface area contributed by atoms with E-state index in [2.05, 4.69) is 24.9 Å². The Morgan fingerprint density at radius 1 is 1.44 bits per heavy atom. The van der Waals surface area contributed by atoms with Crippen molar-refractivity contribution in [2.75, 3.05) is 0 Å². The highest BCUT2D eigenvalue weighted by Crippen LogP contribution is 2.38. The Hall–Kier alpha value is -0.890. The van der Waals surface area contributed by atoms with Gasteiger partial charge >= 0.3 is 0 Å². The van der Waals surface area contributed by atoms with Gasteiger partial charge in [-0.1, -0.05) is 26.3 Å². The molecule has 0 aromatic carbocycles. The maximum absolute atomic E-state index is 10.7. The van der Waals surface area contributed by atoms with E-state index in [1.165, 1.54) is 6.42 Å². The first-order chi connectivity index (χ1) is 7.60. The lowest BCUT2D eigenvalue weighted by molar-refractivity contribution is -0.0560. The highest BCUT2D eigenvalue weighted by molar-refractivity contribution is 5.13. The molecule has 0 spiro atoms. The zero-order chi connectivity index (χ0) is 11.6. The standard InChI is InChI=1S/C14H21NO/c1-11-5-6-12(2)14(16,8-11)9-13-4-3-7-15-10-13/h3-4,7,10-12,16H,5-6,8-9H2,1-2H3. The molecule has 0 radical (unpaired) electrons. The molecule has 88 valence electrons. The highest BCUT2D eigenvalue weighted by Gasteiger charge is 2.38. The molecule has 1 aromatic heterocycles. The molecule has 0 amide bonds. The van der Waals surface area contributed by atoms with E-state index in [9.17, 15) is 5.11 Å². The molecule has 3 unspecified atom stereocenters. The van der Waals surface area contributed by atoms with Crippen LogP contribution in [0.2, 0.25) is 0 Å². The molecule has 0 bridgehead atoms. The molecule has 1 fully saturated rings. The number of aromatic nitrogens is 1. The van der Waals surface area contributed by atoms with E-state index in [1.807, 2.05) is 12.3 Å². The molecule has 1 aromatic rings. The minimum absolute atomic E-state index is 0.393. The van der Waals surface area contributed by atoms with Crippen LogP contribution in [0.1, 0.15) is 38.7 Å². The predicted octanol–water partition coefficient (Wildman–Crippen LogP) is 2.81. The molecule has 0 saturated heterocycles. The van der Waals surface area contributed by atoms with Crippen LogP contribution in [-0.4, -0.2) is 15.7 Å². The molecule has 3 atom stereocenters. The third kappa shape index (κ3) is 2.43. The predicted molar refractivity (Wildman–Crippen MR) is 65.1 cm³/mol. The van der Waals surface area contributed by atoms with Crippen molar-refractivity contribution in [3.05, 3.63) is 30.1 Å². The van der Waals surface area contributed by atoms with E-state index in [0.717, 1.165) is 24.8 Å². The second kappa shape index (κ2) is 4.54. The first-order valence-electron chi connectivity index (χ1n) is 6.21. The van der Waals surface area contributed by atoms with Crippen molar-refractivity contribution < 1.29 is 5.11 Å². The SMILES string of the molecule is CC1CCC(C)C(O)(Cc2cccnc2)C1. The summed E-state index contributed by atoms with van der Waals surface area (Å²) in [6.07, 6.45) is 7.69. The van der Waals surface area contributed by atoms with Crippen LogP contribution in [0.15, 0.2) is 24.5 Å². The average Bonchev–Trinajstić information content (AvgIpc) is 2.25. The number of rotatable bonds is 2. The van der Waals surface area contributed by atoms with Crippen LogP contribution < -0.4 is 0 Å². The Labute approximate surface area is 97.7 Å². The monoisotopic (exact) mass is 219 g/mol. The van der Waals surface area contributed by atoms with E-state index in [4.69, 9.17) is 0 Å². The van der Waals surface area contributed by atoms with Crippen molar-refractivity contribution in [2.24, 2.45) is 11.8 Å². The maximum atomic E-state index is 10.7. The minimum atomic E-state index is -0.527. The summed E-state index contributed by atoms with van der Waals surface area (Å²) in [5, 5.41) is 10.7. The van der Waals surface area contributed by atoms with E-state index in [-0.39, 0.29) is 0 Å². The van der Waals surface area contributed by atoms with Gasteiger partial charge in [0.15, 0.2) is 0 Å². The number of pyridine rings is 1. The zero-order valence-corrected chi connectivity index (χ0v) is 10.2. The quantitative estimate of drug-likeness (QED) is 0.829.